The third kappa shape index (κ3) is 6.31. The van der Waals surface area contributed by atoms with Crippen molar-refractivity contribution in [3.05, 3.63) is 27.8 Å². The zero-order valence-corrected chi connectivity index (χ0v) is 18.5. The number of nitrogens with one attached hydrogen (secondary N) is 2. The van der Waals surface area contributed by atoms with Crippen molar-refractivity contribution < 1.29 is 28.4 Å². The van der Waals surface area contributed by atoms with Gasteiger partial charge in [0, 0.05) is 10.9 Å². The second kappa shape index (κ2) is 10.4. The minimum atomic E-state index is -0.633. The lowest BCUT2D eigenvalue weighted by atomic mass is 9.95. The van der Waals surface area contributed by atoms with Crippen LogP contribution in [0.4, 0.5) is 10.8 Å². The van der Waals surface area contributed by atoms with E-state index in [1.165, 1.54) is 11.3 Å². The number of fused-ring (bicyclic) bond motifs is 1. The van der Waals surface area contributed by atoms with Crippen LogP contribution in [0, 0.1) is 6.92 Å². The Hall–Kier alpha value is -2.86. The van der Waals surface area contributed by atoms with Crippen LogP contribution < -0.4 is 16.4 Å². The van der Waals surface area contributed by atoms with Crippen LogP contribution in [0.25, 0.3) is 0 Å². The van der Waals surface area contributed by atoms with E-state index in [9.17, 15) is 19.2 Å². The SMILES string of the molecule is Cc1cc(NC(=O)CSCC(=O)OCC(=O)Nc2sc3c(c2C(N)=O)CCCC3)no1. The van der Waals surface area contributed by atoms with Gasteiger partial charge in [-0.3, -0.25) is 19.2 Å². The van der Waals surface area contributed by atoms with Crippen molar-refractivity contribution in [3.8, 4) is 0 Å². The Balaban J connectivity index is 1.40. The number of thiophene rings is 1. The number of nitrogens with two attached hydrogens (primary N) is 1. The van der Waals surface area contributed by atoms with Gasteiger partial charge in [-0.15, -0.1) is 23.1 Å². The van der Waals surface area contributed by atoms with E-state index >= 15 is 0 Å². The summed E-state index contributed by atoms with van der Waals surface area (Å²) in [5.41, 5.74) is 6.76. The smallest absolute Gasteiger partial charge is 0.316 e. The molecule has 0 bridgehead atoms. The third-order valence-corrected chi connectivity index (χ3v) is 6.50. The van der Waals surface area contributed by atoms with Crippen molar-refractivity contribution in [2.24, 2.45) is 5.73 Å². The van der Waals surface area contributed by atoms with Crippen LogP contribution in [0.2, 0.25) is 0 Å². The highest BCUT2D eigenvalue weighted by Crippen LogP contribution is 2.37. The number of hydrogen-bond acceptors (Lipinski definition) is 9. The molecule has 0 saturated carbocycles. The number of nitrogens with zero attached hydrogens (tertiary/aromatic N) is 1. The lowest BCUT2D eigenvalue weighted by molar-refractivity contribution is -0.144. The van der Waals surface area contributed by atoms with E-state index in [0.29, 0.717) is 22.1 Å². The number of ether oxygens (including phenoxy) is 1. The third-order valence-electron chi connectivity index (χ3n) is 4.38. The molecule has 1 aliphatic carbocycles. The van der Waals surface area contributed by atoms with Crippen LogP contribution in [0.1, 0.15) is 39.4 Å². The normalized spacial score (nSPS) is 12.7. The number of carbonyl (C=O) groups is 4. The lowest BCUT2D eigenvalue weighted by Crippen LogP contribution is -2.23. The molecule has 0 fully saturated rings. The fraction of sp³-hybridized carbons (Fsp3) is 0.421. The van der Waals surface area contributed by atoms with E-state index in [2.05, 4.69) is 15.8 Å². The van der Waals surface area contributed by atoms with Crippen LogP contribution in [-0.4, -0.2) is 47.0 Å². The van der Waals surface area contributed by atoms with E-state index in [-0.39, 0.29) is 17.4 Å². The number of esters is 1. The minimum absolute atomic E-state index is 0.00985. The van der Waals surface area contributed by atoms with Gasteiger partial charge in [-0.2, -0.15) is 0 Å². The zero-order chi connectivity index (χ0) is 22.4. The monoisotopic (exact) mass is 466 g/mol. The van der Waals surface area contributed by atoms with Crippen molar-refractivity contribution in [3.63, 3.8) is 0 Å². The topological polar surface area (TPSA) is 154 Å². The molecule has 3 amide bonds. The van der Waals surface area contributed by atoms with Crippen LogP contribution >= 0.6 is 23.1 Å². The Morgan fingerprint density at radius 3 is 2.68 bits per heavy atom. The number of hydrogen-bond donors (Lipinski definition) is 3. The fourth-order valence-electron chi connectivity index (χ4n) is 3.10. The average molecular weight is 467 g/mol. The second-order valence-electron chi connectivity index (χ2n) is 6.85. The summed E-state index contributed by atoms with van der Waals surface area (Å²) >= 11 is 2.38. The summed E-state index contributed by atoms with van der Waals surface area (Å²) in [7, 11) is 0. The molecule has 31 heavy (non-hydrogen) atoms. The van der Waals surface area contributed by atoms with Crippen molar-refractivity contribution in [1.29, 1.82) is 0 Å². The molecule has 1 aliphatic rings. The molecule has 0 spiro atoms. The first-order valence-electron chi connectivity index (χ1n) is 9.54. The van der Waals surface area contributed by atoms with Gasteiger partial charge in [0.1, 0.15) is 10.8 Å². The summed E-state index contributed by atoms with van der Waals surface area (Å²) < 4.78 is 9.78. The maximum atomic E-state index is 12.2. The molecule has 2 aromatic rings. The molecule has 10 nitrogen and oxygen atoms in total. The Kier molecular flexibility index (Phi) is 7.69. The molecule has 3 rings (SSSR count). The number of carbonyl (C=O) groups excluding carboxylic acids is 4. The average Bonchev–Trinajstić information content (AvgIpc) is 3.28. The maximum Gasteiger partial charge on any atom is 0.316 e. The first-order chi connectivity index (χ1) is 14.8. The minimum Gasteiger partial charge on any atom is -0.455 e. The van der Waals surface area contributed by atoms with Crippen LogP contribution in [0.15, 0.2) is 10.6 Å². The summed E-state index contributed by atoms with van der Waals surface area (Å²) in [6, 6.07) is 1.57. The number of anilines is 2. The number of aryl methyl sites for hydroxylation is 2. The number of aromatic nitrogens is 1. The van der Waals surface area contributed by atoms with Gasteiger partial charge < -0.3 is 25.6 Å². The van der Waals surface area contributed by atoms with Crippen LogP contribution in [-0.2, 0) is 32.0 Å². The van der Waals surface area contributed by atoms with E-state index in [0.717, 1.165) is 47.9 Å². The predicted octanol–water partition coefficient (Wildman–Crippen LogP) is 1.88. The lowest BCUT2D eigenvalue weighted by Gasteiger charge is -2.11. The Bertz CT molecular complexity index is 1000. The maximum absolute atomic E-state index is 12.2. The van der Waals surface area contributed by atoms with Crippen LogP contribution in [0.3, 0.4) is 0 Å². The summed E-state index contributed by atoms with van der Waals surface area (Å²) in [4.78, 5) is 48.7. The van der Waals surface area contributed by atoms with E-state index in [1.54, 1.807) is 13.0 Å². The Morgan fingerprint density at radius 2 is 1.97 bits per heavy atom. The van der Waals surface area contributed by atoms with E-state index in [1.807, 2.05) is 0 Å². The molecule has 0 atom stereocenters. The van der Waals surface area contributed by atoms with E-state index in [4.69, 9.17) is 15.0 Å². The quantitative estimate of drug-likeness (QED) is 0.473. The largest absolute Gasteiger partial charge is 0.455 e. The highest BCUT2D eigenvalue weighted by Gasteiger charge is 2.25. The molecule has 2 heterocycles. The second-order valence-corrected chi connectivity index (χ2v) is 8.94. The molecule has 0 aromatic carbocycles. The first kappa shape index (κ1) is 22.8. The highest BCUT2D eigenvalue weighted by molar-refractivity contribution is 8.00. The Morgan fingerprint density at radius 1 is 1.19 bits per heavy atom. The van der Waals surface area contributed by atoms with Gasteiger partial charge in [0.2, 0.25) is 5.91 Å². The van der Waals surface area contributed by atoms with Crippen molar-refractivity contribution in [2.45, 2.75) is 32.6 Å². The van der Waals surface area contributed by atoms with Crippen molar-refractivity contribution >= 4 is 57.6 Å². The van der Waals surface area contributed by atoms with Gasteiger partial charge in [0.25, 0.3) is 11.8 Å². The molecule has 12 heteroatoms. The summed E-state index contributed by atoms with van der Waals surface area (Å²) in [6.45, 7) is 1.20. The molecule has 4 N–H and O–H groups in total. The molecule has 2 aromatic heterocycles. The summed E-state index contributed by atoms with van der Waals surface area (Å²) in [5, 5.41) is 9.19. The fourth-order valence-corrected chi connectivity index (χ4v) is 5.02. The summed E-state index contributed by atoms with van der Waals surface area (Å²) in [6.07, 6.45) is 3.62. The Labute approximate surface area is 186 Å². The summed E-state index contributed by atoms with van der Waals surface area (Å²) in [5.74, 6) is -1.34. The van der Waals surface area contributed by atoms with E-state index < -0.39 is 24.4 Å². The predicted molar refractivity (Wildman–Crippen MR) is 116 cm³/mol. The van der Waals surface area contributed by atoms with Crippen molar-refractivity contribution in [1.82, 2.24) is 5.16 Å². The zero-order valence-electron chi connectivity index (χ0n) is 16.8. The van der Waals surface area contributed by atoms with Gasteiger partial charge >= 0.3 is 5.97 Å². The van der Waals surface area contributed by atoms with Gasteiger partial charge in [0.05, 0.1) is 17.1 Å². The van der Waals surface area contributed by atoms with Gasteiger partial charge in [-0.25, -0.2) is 0 Å². The van der Waals surface area contributed by atoms with Crippen molar-refractivity contribution in [2.75, 3.05) is 28.7 Å². The highest BCUT2D eigenvalue weighted by atomic mass is 32.2. The van der Waals surface area contributed by atoms with Gasteiger partial charge in [0.15, 0.2) is 12.4 Å². The molecular formula is C19H22N4O6S2. The molecule has 166 valence electrons. The standard InChI is InChI=1S/C19H22N4O6S2/c1-10-6-13(23-29-10)21-15(25)8-30-9-16(26)28-7-14(24)22-19-17(18(20)27)11-4-2-3-5-12(11)31-19/h6H,2-5,7-9H2,1H3,(H2,20,27)(H,22,24)(H,21,23,25). The van der Waals surface area contributed by atoms with Crippen LogP contribution in [0.5, 0.6) is 0 Å². The molecule has 0 radical (unpaired) electrons. The number of rotatable bonds is 9. The molecule has 0 saturated heterocycles. The van der Waals surface area contributed by atoms with Gasteiger partial charge in [-0.05, 0) is 38.2 Å². The van der Waals surface area contributed by atoms with Gasteiger partial charge in [-0.1, -0.05) is 5.16 Å². The molecular weight excluding hydrogens is 444 g/mol. The number of amides is 3. The molecule has 0 aliphatic heterocycles. The number of primary amides is 1. The number of thioether (sulfide) groups is 1. The first-order valence-corrected chi connectivity index (χ1v) is 11.5. The molecule has 0 unspecified atom stereocenters.